The van der Waals surface area contributed by atoms with Gasteiger partial charge in [0.15, 0.2) is 0 Å². The van der Waals surface area contributed by atoms with E-state index in [-0.39, 0.29) is 0 Å². The molecule has 0 fully saturated rings. The molecule has 232 valence electrons. The lowest BCUT2D eigenvalue weighted by molar-refractivity contribution is 1.23. The van der Waals surface area contributed by atoms with Gasteiger partial charge in [-0.05, 0) is 56.6 Å². The third-order valence-electron chi connectivity index (χ3n) is 10.2. The number of benzene rings is 8. The number of hydrogen-bond donors (Lipinski definition) is 0. The van der Waals surface area contributed by atoms with Gasteiger partial charge in [0.1, 0.15) is 6.33 Å². The molecule has 50 heavy (non-hydrogen) atoms. The lowest BCUT2D eigenvalue weighted by Crippen LogP contribution is -1.88. The largest absolute Gasteiger partial charge is 0.244 e. The zero-order chi connectivity index (χ0) is 32.8. The van der Waals surface area contributed by atoms with Gasteiger partial charge in [-0.15, -0.1) is 22.7 Å². The van der Waals surface area contributed by atoms with Gasteiger partial charge in [0.2, 0.25) is 0 Å². The molecule has 0 N–H and O–H groups in total. The summed E-state index contributed by atoms with van der Waals surface area (Å²) in [5, 5.41) is 11.1. The van der Waals surface area contributed by atoms with E-state index in [0.717, 1.165) is 16.3 Å². The van der Waals surface area contributed by atoms with Gasteiger partial charge in [0, 0.05) is 68.4 Å². The van der Waals surface area contributed by atoms with Crippen LogP contribution in [0.5, 0.6) is 0 Å². The van der Waals surface area contributed by atoms with Crippen molar-refractivity contribution in [3.8, 4) is 33.4 Å². The van der Waals surface area contributed by atoms with E-state index in [1.807, 2.05) is 28.9 Å². The number of aromatic nitrogens is 2. The maximum atomic E-state index is 4.76. The van der Waals surface area contributed by atoms with Crippen LogP contribution in [-0.2, 0) is 0 Å². The van der Waals surface area contributed by atoms with Crippen LogP contribution in [0.1, 0.15) is 0 Å². The van der Waals surface area contributed by atoms with E-state index < -0.39 is 0 Å². The van der Waals surface area contributed by atoms with Crippen LogP contribution in [0, 0.1) is 0 Å². The predicted octanol–water partition coefficient (Wildman–Crippen LogP) is 13.7. The molecule has 0 unspecified atom stereocenters. The molecule has 3 aromatic heterocycles. The molecule has 0 bridgehead atoms. The highest BCUT2D eigenvalue weighted by Crippen LogP contribution is 2.47. The van der Waals surface area contributed by atoms with Crippen molar-refractivity contribution >= 4 is 95.5 Å². The minimum atomic E-state index is 0.990. The number of thiophene rings is 2. The van der Waals surface area contributed by atoms with Gasteiger partial charge < -0.3 is 0 Å². The van der Waals surface area contributed by atoms with Crippen LogP contribution in [0.4, 0.5) is 0 Å². The number of fused-ring (bicyclic) bond motifs is 12. The van der Waals surface area contributed by atoms with E-state index in [1.54, 1.807) is 6.33 Å². The van der Waals surface area contributed by atoms with Crippen LogP contribution in [0.25, 0.3) is 106 Å². The summed E-state index contributed by atoms with van der Waals surface area (Å²) in [7, 11) is 0. The van der Waals surface area contributed by atoms with Crippen molar-refractivity contribution < 1.29 is 0 Å². The molecule has 0 aliphatic heterocycles. The third-order valence-corrected chi connectivity index (χ3v) is 12.7. The molecule has 4 heteroatoms. The minimum absolute atomic E-state index is 0.990. The quantitative estimate of drug-likeness (QED) is 0.175. The van der Waals surface area contributed by atoms with Gasteiger partial charge in [0.25, 0.3) is 0 Å². The fraction of sp³-hybridized carbons (Fsp3) is 0. The molecule has 0 aliphatic carbocycles. The van der Waals surface area contributed by atoms with Gasteiger partial charge in [-0.3, -0.25) is 0 Å². The van der Waals surface area contributed by atoms with Crippen LogP contribution in [0.2, 0.25) is 0 Å². The highest BCUT2D eigenvalue weighted by molar-refractivity contribution is 7.27. The summed E-state index contributed by atoms with van der Waals surface area (Å²) in [4.78, 5) is 9.13. The van der Waals surface area contributed by atoms with E-state index in [1.165, 1.54) is 89.9 Å². The second kappa shape index (κ2) is 10.8. The number of hydrogen-bond acceptors (Lipinski definition) is 4. The van der Waals surface area contributed by atoms with Gasteiger partial charge in [-0.2, -0.15) is 0 Å². The van der Waals surface area contributed by atoms with Gasteiger partial charge in [0.05, 0.1) is 5.52 Å². The Labute approximate surface area is 295 Å². The lowest BCUT2D eigenvalue weighted by Gasteiger charge is -2.12. The first-order valence-corrected chi connectivity index (χ1v) is 18.4. The van der Waals surface area contributed by atoms with Crippen molar-refractivity contribution in [1.82, 2.24) is 9.97 Å². The van der Waals surface area contributed by atoms with Crippen molar-refractivity contribution in [2.75, 3.05) is 0 Å². The second-order valence-corrected chi connectivity index (χ2v) is 15.0. The Kier molecular flexibility index (Phi) is 6.03. The van der Waals surface area contributed by atoms with Crippen LogP contribution >= 0.6 is 22.7 Å². The van der Waals surface area contributed by atoms with Crippen LogP contribution in [0.3, 0.4) is 0 Å². The Morgan fingerprint density at radius 3 is 1.72 bits per heavy atom. The van der Waals surface area contributed by atoms with Gasteiger partial charge in [-0.25, -0.2) is 9.97 Å². The average molecular weight is 671 g/mol. The van der Waals surface area contributed by atoms with E-state index in [2.05, 4.69) is 151 Å². The molecular formula is C46H26N2S2. The lowest BCUT2D eigenvalue weighted by atomic mass is 9.93. The number of rotatable bonds is 3. The fourth-order valence-corrected chi connectivity index (χ4v) is 10.5. The molecule has 8 aromatic carbocycles. The summed E-state index contributed by atoms with van der Waals surface area (Å²) in [5.41, 5.74) is 8.46. The van der Waals surface area contributed by atoms with E-state index >= 15 is 0 Å². The Hall–Kier alpha value is -5.94. The van der Waals surface area contributed by atoms with E-state index in [4.69, 9.17) is 4.98 Å². The molecule has 0 amide bonds. The summed E-state index contributed by atoms with van der Waals surface area (Å²) >= 11 is 3.81. The highest BCUT2D eigenvalue weighted by atomic mass is 32.1. The van der Waals surface area contributed by atoms with Crippen molar-refractivity contribution in [2.45, 2.75) is 0 Å². The molecule has 0 radical (unpaired) electrons. The van der Waals surface area contributed by atoms with Gasteiger partial charge >= 0.3 is 0 Å². The molecule has 0 atom stereocenters. The minimum Gasteiger partial charge on any atom is -0.244 e. The first kappa shape index (κ1) is 28.0. The van der Waals surface area contributed by atoms with Crippen molar-refractivity contribution in [3.63, 3.8) is 0 Å². The SMILES string of the molecule is c1cc(-c2ccc3c4ccccc4c4cncnc4c3c2)cc(-c2cccc3c2sc2c(-c4cccc5c4sc4ccccc45)cccc23)c1. The smallest absolute Gasteiger partial charge is 0.116 e. The first-order valence-electron chi connectivity index (χ1n) is 16.8. The Morgan fingerprint density at radius 1 is 0.360 bits per heavy atom. The highest BCUT2D eigenvalue weighted by Gasteiger charge is 2.17. The predicted molar refractivity (Wildman–Crippen MR) is 217 cm³/mol. The monoisotopic (exact) mass is 670 g/mol. The third kappa shape index (κ3) is 4.07. The summed E-state index contributed by atoms with van der Waals surface area (Å²) in [6, 6.07) is 53.5. The normalized spacial score (nSPS) is 12.0. The van der Waals surface area contributed by atoms with Crippen molar-refractivity contribution in [2.24, 2.45) is 0 Å². The van der Waals surface area contributed by atoms with E-state index in [0.29, 0.717) is 0 Å². The van der Waals surface area contributed by atoms with E-state index in [9.17, 15) is 0 Å². The summed E-state index contributed by atoms with van der Waals surface area (Å²) in [6.07, 6.45) is 3.60. The maximum absolute atomic E-state index is 4.76. The summed E-state index contributed by atoms with van der Waals surface area (Å²) in [6.45, 7) is 0. The molecule has 0 saturated carbocycles. The zero-order valence-electron chi connectivity index (χ0n) is 26.7. The maximum Gasteiger partial charge on any atom is 0.116 e. The van der Waals surface area contributed by atoms with Crippen molar-refractivity contribution in [3.05, 3.63) is 158 Å². The van der Waals surface area contributed by atoms with Crippen LogP contribution < -0.4 is 0 Å². The molecule has 0 aliphatic rings. The fourth-order valence-electron chi connectivity index (χ4n) is 7.93. The Bertz CT molecular complexity index is 3130. The van der Waals surface area contributed by atoms with Crippen LogP contribution in [-0.4, -0.2) is 9.97 Å². The van der Waals surface area contributed by atoms with Gasteiger partial charge in [-0.1, -0.05) is 127 Å². The molecular weight excluding hydrogens is 645 g/mol. The molecule has 0 saturated heterocycles. The van der Waals surface area contributed by atoms with Crippen molar-refractivity contribution in [1.29, 1.82) is 0 Å². The second-order valence-electron chi connectivity index (χ2n) is 12.9. The Morgan fingerprint density at radius 2 is 0.920 bits per heavy atom. The number of nitrogens with zero attached hydrogens (tertiary/aromatic N) is 2. The molecule has 0 spiro atoms. The first-order chi connectivity index (χ1) is 24.8. The molecule has 2 nitrogen and oxygen atoms in total. The Balaban J connectivity index is 1.08. The molecule has 3 heterocycles. The standard InChI is InChI=1S/C46H26N2S2/c1-2-12-32-31(11-1)33-22-21-28(24-40(33)43-41(32)25-47-26-48-43)27-9-5-10-29(23-27)30-14-6-16-36-38-18-8-19-39(46(38)50-44(30)36)37-17-7-15-35-34-13-3-4-20-42(34)49-45(35)37/h1-26H. The summed E-state index contributed by atoms with van der Waals surface area (Å²) in [5.74, 6) is 0. The summed E-state index contributed by atoms with van der Waals surface area (Å²) < 4.78 is 5.35. The van der Waals surface area contributed by atoms with Crippen LogP contribution in [0.15, 0.2) is 158 Å². The molecule has 11 rings (SSSR count). The topological polar surface area (TPSA) is 25.8 Å². The average Bonchev–Trinajstić information content (AvgIpc) is 3.77. The molecule has 11 aromatic rings. The zero-order valence-corrected chi connectivity index (χ0v) is 28.4.